The van der Waals surface area contributed by atoms with Gasteiger partial charge in [-0.25, -0.2) is 0 Å². The van der Waals surface area contributed by atoms with Crippen molar-refractivity contribution in [3.8, 4) is 5.75 Å². The Hall–Kier alpha value is -1.55. The molecule has 4 heteroatoms. The molecule has 0 saturated carbocycles. The van der Waals surface area contributed by atoms with Gasteiger partial charge in [0, 0.05) is 5.56 Å². The molecule has 1 aliphatic rings. The van der Waals surface area contributed by atoms with Crippen molar-refractivity contribution >= 4 is 5.97 Å². The molecule has 1 heterocycles. The second-order valence-corrected chi connectivity index (χ2v) is 5.37. The van der Waals surface area contributed by atoms with Crippen molar-refractivity contribution in [2.45, 2.75) is 26.2 Å². The first-order chi connectivity index (χ1) is 8.92. The van der Waals surface area contributed by atoms with E-state index in [1.807, 2.05) is 19.9 Å². The van der Waals surface area contributed by atoms with E-state index < -0.39 is 17.3 Å². The number of hydrogen-bond donors (Lipinski definition) is 1. The molecule has 1 aromatic carbocycles. The van der Waals surface area contributed by atoms with E-state index in [1.165, 1.54) is 0 Å². The van der Waals surface area contributed by atoms with Crippen molar-refractivity contribution in [3.05, 3.63) is 28.8 Å². The van der Waals surface area contributed by atoms with Crippen LogP contribution in [0.1, 0.15) is 23.6 Å². The molecule has 1 saturated heterocycles. The lowest BCUT2D eigenvalue weighted by atomic mass is 9.67. The van der Waals surface area contributed by atoms with E-state index in [4.69, 9.17) is 9.47 Å². The van der Waals surface area contributed by atoms with Gasteiger partial charge in [0.25, 0.3) is 0 Å². The van der Waals surface area contributed by atoms with E-state index in [-0.39, 0.29) is 0 Å². The first-order valence-electron chi connectivity index (χ1n) is 6.38. The van der Waals surface area contributed by atoms with Crippen molar-refractivity contribution < 1.29 is 19.4 Å². The third-order valence-corrected chi connectivity index (χ3v) is 4.08. The van der Waals surface area contributed by atoms with Gasteiger partial charge in [0.05, 0.1) is 31.7 Å². The van der Waals surface area contributed by atoms with Crippen LogP contribution < -0.4 is 4.74 Å². The molecule has 1 aromatic rings. The third-order valence-electron chi connectivity index (χ3n) is 4.08. The molecule has 0 bridgehead atoms. The number of carbonyl (C=O) groups is 1. The van der Waals surface area contributed by atoms with Crippen LogP contribution in [0.3, 0.4) is 0 Å². The number of carboxylic acid groups (broad SMARTS) is 1. The predicted octanol–water partition coefficient (Wildman–Crippen LogP) is 2.30. The number of hydrogen-bond acceptors (Lipinski definition) is 3. The molecule has 1 fully saturated rings. The average molecular weight is 264 g/mol. The molecule has 0 amide bonds. The lowest BCUT2D eigenvalue weighted by molar-refractivity contribution is -0.155. The highest BCUT2D eigenvalue weighted by Crippen LogP contribution is 2.45. The minimum Gasteiger partial charge on any atom is -0.496 e. The molecule has 4 nitrogen and oxygen atoms in total. The quantitative estimate of drug-likeness (QED) is 0.906. The summed E-state index contributed by atoms with van der Waals surface area (Å²) >= 11 is 0. The Balaban J connectivity index is 2.58. The molecular formula is C15H20O4. The van der Waals surface area contributed by atoms with E-state index in [2.05, 4.69) is 6.07 Å². The second-order valence-electron chi connectivity index (χ2n) is 5.37. The van der Waals surface area contributed by atoms with Crippen molar-refractivity contribution in [2.75, 3.05) is 20.3 Å². The zero-order valence-electron chi connectivity index (χ0n) is 11.8. The van der Waals surface area contributed by atoms with Crippen LogP contribution >= 0.6 is 0 Å². The number of aliphatic carboxylic acids is 1. The minimum absolute atomic E-state index is 0.431. The van der Waals surface area contributed by atoms with Crippen LogP contribution in [0.4, 0.5) is 0 Å². The Kier molecular flexibility index (Phi) is 3.54. The zero-order valence-corrected chi connectivity index (χ0v) is 11.8. The number of ether oxygens (including phenoxy) is 2. The number of aryl methyl sites for hydroxylation is 2. The summed E-state index contributed by atoms with van der Waals surface area (Å²) in [5, 5.41) is 9.36. The van der Waals surface area contributed by atoms with Crippen molar-refractivity contribution in [2.24, 2.45) is 5.92 Å². The molecule has 0 aliphatic carbocycles. The van der Waals surface area contributed by atoms with Gasteiger partial charge in [-0.15, -0.1) is 0 Å². The number of benzene rings is 1. The molecule has 0 aromatic heterocycles. The Morgan fingerprint density at radius 3 is 2.47 bits per heavy atom. The maximum absolute atomic E-state index is 11.4. The normalized spacial score (nSPS) is 18.5. The summed E-state index contributed by atoms with van der Waals surface area (Å²) in [6.07, 6.45) is 0. The second kappa shape index (κ2) is 4.85. The maximum atomic E-state index is 11.4. The molecule has 1 atom stereocenters. The lowest BCUT2D eigenvalue weighted by Gasteiger charge is -2.46. The number of methoxy groups -OCH3 is 1. The molecule has 1 unspecified atom stereocenters. The predicted molar refractivity (Wildman–Crippen MR) is 71.8 cm³/mol. The van der Waals surface area contributed by atoms with E-state index in [9.17, 15) is 9.90 Å². The van der Waals surface area contributed by atoms with Crippen LogP contribution in [0.15, 0.2) is 12.1 Å². The summed E-state index contributed by atoms with van der Waals surface area (Å²) in [4.78, 5) is 11.4. The van der Waals surface area contributed by atoms with Crippen LogP contribution in [-0.2, 0) is 14.9 Å². The molecular weight excluding hydrogens is 244 g/mol. The highest BCUT2D eigenvalue weighted by atomic mass is 16.5. The molecule has 1 aliphatic heterocycles. The first kappa shape index (κ1) is 13.9. The van der Waals surface area contributed by atoms with Crippen molar-refractivity contribution in [1.29, 1.82) is 0 Å². The first-order valence-corrected chi connectivity index (χ1v) is 6.38. The Labute approximate surface area is 113 Å². The smallest absolute Gasteiger partial charge is 0.307 e. The molecule has 1 N–H and O–H groups in total. The fourth-order valence-electron chi connectivity index (χ4n) is 2.90. The van der Waals surface area contributed by atoms with Gasteiger partial charge in [-0.1, -0.05) is 13.0 Å². The standard InChI is InChI=1S/C15H20O4/c1-9-5-10(2)13(12(6-9)18-4)15(7-19-8-15)11(3)14(16)17/h5-6,11H,7-8H2,1-4H3,(H,16,17). The Bertz CT molecular complexity index is 503. The molecule has 0 spiro atoms. The fraction of sp³-hybridized carbons (Fsp3) is 0.533. The summed E-state index contributed by atoms with van der Waals surface area (Å²) in [6, 6.07) is 4.02. The third kappa shape index (κ3) is 2.10. The van der Waals surface area contributed by atoms with Gasteiger partial charge < -0.3 is 14.6 Å². The Morgan fingerprint density at radius 1 is 1.42 bits per heavy atom. The average Bonchev–Trinajstić information content (AvgIpc) is 2.29. The lowest BCUT2D eigenvalue weighted by Crippen LogP contribution is -2.54. The largest absolute Gasteiger partial charge is 0.496 e. The van der Waals surface area contributed by atoms with Gasteiger partial charge in [0.2, 0.25) is 0 Å². The van der Waals surface area contributed by atoms with E-state index >= 15 is 0 Å². The van der Waals surface area contributed by atoms with Crippen molar-refractivity contribution in [1.82, 2.24) is 0 Å². The van der Waals surface area contributed by atoms with E-state index in [1.54, 1.807) is 14.0 Å². The van der Waals surface area contributed by atoms with Gasteiger partial charge in [0.15, 0.2) is 0 Å². The van der Waals surface area contributed by atoms with Gasteiger partial charge >= 0.3 is 5.97 Å². The van der Waals surface area contributed by atoms with Gasteiger partial charge in [0.1, 0.15) is 5.75 Å². The van der Waals surface area contributed by atoms with Crippen LogP contribution in [0.2, 0.25) is 0 Å². The highest BCUT2D eigenvalue weighted by Gasteiger charge is 2.50. The van der Waals surface area contributed by atoms with Crippen molar-refractivity contribution in [3.63, 3.8) is 0 Å². The monoisotopic (exact) mass is 264 g/mol. The zero-order chi connectivity index (χ0) is 14.2. The highest BCUT2D eigenvalue weighted by molar-refractivity contribution is 5.73. The molecule has 0 radical (unpaired) electrons. The van der Waals surface area contributed by atoms with Gasteiger partial charge in [-0.3, -0.25) is 4.79 Å². The van der Waals surface area contributed by atoms with E-state index in [0.717, 1.165) is 22.4 Å². The Morgan fingerprint density at radius 2 is 2.05 bits per heavy atom. The van der Waals surface area contributed by atoms with Crippen LogP contribution in [-0.4, -0.2) is 31.4 Å². The summed E-state index contributed by atoms with van der Waals surface area (Å²) in [5.74, 6) is -0.546. The maximum Gasteiger partial charge on any atom is 0.307 e. The van der Waals surface area contributed by atoms with Crippen LogP contribution in [0, 0.1) is 19.8 Å². The fourth-order valence-corrected chi connectivity index (χ4v) is 2.90. The van der Waals surface area contributed by atoms with Crippen LogP contribution in [0.25, 0.3) is 0 Å². The van der Waals surface area contributed by atoms with Gasteiger partial charge in [-0.2, -0.15) is 0 Å². The summed E-state index contributed by atoms with van der Waals surface area (Å²) in [7, 11) is 1.62. The SMILES string of the molecule is COc1cc(C)cc(C)c1C1(C(C)C(=O)O)COC1. The van der Waals surface area contributed by atoms with Crippen LogP contribution in [0.5, 0.6) is 5.75 Å². The number of rotatable bonds is 4. The summed E-state index contributed by atoms with van der Waals surface area (Å²) in [5.41, 5.74) is 2.67. The summed E-state index contributed by atoms with van der Waals surface area (Å²) in [6.45, 7) is 6.61. The minimum atomic E-state index is -0.801. The number of carboxylic acids is 1. The van der Waals surface area contributed by atoms with E-state index in [0.29, 0.717) is 13.2 Å². The summed E-state index contributed by atoms with van der Waals surface area (Å²) < 4.78 is 10.8. The molecule has 2 rings (SSSR count). The molecule has 19 heavy (non-hydrogen) atoms. The molecule has 104 valence electrons. The topological polar surface area (TPSA) is 55.8 Å². The van der Waals surface area contributed by atoms with Gasteiger partial charge in [-0.05, 0) is 31.0 Å².